The van der Waals surface area contributed by atoms with E-state index in [-0.39, 0.29) is 30.5 Å². The number of hydrogen-bond acceptors (Lipinski definition) is 7. The van der Waals surface area contributed by atoms with Gasteiger partial charge >= 0.3 is 5.97 Å². The summed E-state index contributed by atoms with van der Waals surface area (Å²) in [6.07, 6.45) is 1.36. The van der Waals surface area contributed by atoms with Crippen molar-refractivity contribution in [2.75, 3.05) is 6.61 Å². The van der Waals surface area contributed by atoms with Crippen molar-refractivity contribution in [2.24, 2.45) is 34.5 Å². The van der Waals surface area contributed by atoms with Crippen LogP contribution in [0.4, 0.5) is 0 Å². The standard InChI is InChI=1S/C25H40O7/c1-7-14(2)11-16(26)21-15(3)18(32-22(28)17-9-8-10-31-17)12-19-23(4,5)13-20(27)25(29,30)24(19,21)6/h7,14-15,17-21,27,29-30H,1,8-13H2,2-6H3/t14-,15+,17?,18-,19+,20?,21-,24+/m1/s1. The van der Waals surface area contributed by atoms with Crippen molar-refractivity contribution in [1.29, 1.82) is 0 Å². The third kappa shape index (κ3) is 4.06. The van der Waals surface area contributed by atoms with E-state index in [4.69, 9.17) is 9.47 Å². The molecular weight excluding hydrogens is 412 g/mol. The minimum atomic E-state index is -2.44. The van der Waals surface area contributed by atoms with Crippen LogP contribution in [-0.2, 0) is 19.1 Å². The number of Topliss-reactive ketones (excluding diaryl/α,β-unsaturated/α-hetero) is 1. The van der Waals surface area contributed by atoms with Gasteiger partial charge in [0.1, 0.15) is 18.0 Å². The second-order valence-electron chi connectivity index (χ2n) is 11.2. The molecule has 0 aromatic heterocycles. The maximum atomic E-state index is 13.6. The number of rotatable bonds is 6. The fourth-order valence-electron chi connectivity index (χ4n) is 6.73. The van der Waals surface area contributed by atoms with E-state index >= 15 is 0 Å². The molecule has 32 heavy (non-hydrogen) atoms. The van der Waals surface area contributed by atoms with Gasteiger partial charge in [0.2, 0.25) is 0 Å². The van der Waals surface area contributed by atoms with Crippen LogP contribution in [0.5, 0.6) is 0 Å². The zero-order chi connectivity index (χ0) is 24.1. The Morgan fingerprint density at radius 3 is 2.50 bits per heavy atom. The molecule has 7 heteroatoms. The molecule has 0 aromatic rings. The first kappa shape index (κ1) is 25.3. The first-order valence-electron chi connectivity index (χ1n) is 11.9. The number of hydrogen-bond donors (Lipinski definition) is 3. The van der Waals surface area contributed by atoms with Gasteiger partial charge in [0.15, 0.2) is 11.9 Å². The predicted molar refractivity (Wildman–Crippen MR) is 118 cm³/mol. The maximum absolute atomic E-state index is 13.6. The number of carbonyl (C=O) groups is 2. The van der Waals surface area contributed by atoms with Gasteiger partial charge in [-0.25, -0.2) is 4.79 Å². The van der Waals surface area contributed by atoms with E-state index in [1.165, 1.54) is 0 Å². The molecule has 2 aliphatic carbocycles. The molecule has 1 aliphatic heterocycles. The van der Waals surface area contributed by atoms with Gasteiger partial charge in [-0.3, -0.25) is 4.79 Å². The molecule has 1 heterocycles. The first-order valence-corrected chi connectivity index (χ1v) is 11.9. The lowest BCUT2D eigenvalue weighted by molar-refractivity contribution is -0.362. The van der Waals surface area contributed by atoms with Crippen LogP contribution in [-0.4, -0.2) is 57.8 Å². The summed E-state index contributed by atoms with van der Waals surface area (Å²) in [7, 11) is 0. The second-order valence-corrected chi connectivity index (χ2v) is 11.2. The van der Waals surface area contributed by atoms with Crippen LogP contribution in [0.15, 0.2) is 12.7 Å². The minimum absolute atomic E-state index is 0.0834. The summed E-state index contributed by atoms with van der Waals surface area (Å²) in [5, 5.41) is 33.1. The third-order valence-electron chi connectivity index (χ3n) is 8.60. The van der Waals surface area contributed by atoms with Crippen molar-refractivity contribution in [3.63, 3.8) is 0 Å². The molecule has 7 nitrogen and oxygen atoms in total. The van der Waals surface area contributed by atoms with Crippen LogP contribution in [0, 0.1) is 34.5 Å². The molecule has 0 radical (unpaired) electrons. The molecule has 0 spiro atoms. The van der Waals surface area contributed by atoms with Crippen LogP contribution in [0.3, 0.4) is 0 Å². The first-order chi connectivity index (χ1) is 14.8. The second kappa shape index (κ2) is 8.82. The summed E-state index contributed by atoms with van der Waals surface area (Å²) in [4.78, 5) is 26.4. The van der Waals surface area contributed by atoms with Crippen molar-refractivity contribution in [3.8, 4) is 0 Å². The molecular formula is C25H40O7. The summed E-state index contributed by atoms with van der Waals surface area (Å²) in [5.74, 6) is -4.70. The molecule has 3 aliphatic rings. The quantitative estimate of drug-likeness (QED) is 0.322. The topological polar surface area (TPSA) is 113 Å². The normalized spacial score (nSPS) is 41.4. The Balaban J connectivity index is 2.02. The van der Waals surface area contributed by atoms with Crippen LogP contribution >= 0.6 is 0 Å². The van der Waals surface area contributed by atoms with Crippen LogP contribution in [0.2, 0.25) is 0 Å². The smallest absolute Gasteiger partial charge is 0.335 e. The van der Waals surface area contributed by atoms with E-state index in [2.05, 4.69) is 6.58 Å². The van der Waals surface area contributed by atoms with Gasteiger partial charge < -0.3 is 24.8 Å². The Bertz CT molecular complexity index is 739. The highest BCUT2D eigenvalue weighted by atomic mass is 16.6. The Labute approximate surface area is 191 Å². The highest BCUT2D eigenvalue weighted by molar-refractivity contribution is 5.83. The van der Waals surface area contributed by atoms with Gasteiger partial charge in [-0.05, 0) is 42.9 Å². The highest BCUT2D eigenvalue weighted by Gasteiger charge is 2.70. The van der Waals surface area contributed by atoms with Crippen molar-refractivity contribution < 1.29 is 34.4 Å². The van der Waals surface area contributed by atoms with Crippen LogP contribution in [0.25, 0.3) is 0 Å². The highest BCUT2D eigenvalue weighted by Crippen LogP contribution is 2.64. The molecule has 2 unspecified atom stereocenters. The van der Waals surface area contributed by atoms with Crippen molar-refractivity contribution in [1.82, 2.24) is 0 Å². The van der Waals surface area contributed by atoms with Gasteiger partial charge in [-0.2, -0.15) is 0 Å². The fourth-order valence-corrected chi connectivity index (χ4v) is 6.73. The number of esters is 1. The SMILES string of the molecule is C=C[C@@H](C)CC(=O)[C@H]1[C@@H](C)[C@H](OC(=O)C2CCCO2)C[C@H]2C(C)(C)CC(O)C(O)(O)[C@]12C. The lowest BCUT2D eigenvalue weighted by Gasteiger charge is -2.65. The summed E-state index contributed by atoms with van der Waals surface area (Å²) < 4.78 is 11.4. The Morgan fingerprint density at radius 2 is 1.94 bits per heavy atom. The Hall–Kier alpha value is -1.28. The lowest BCUT2D eigenvalue weighted by Crippen LogP contribution is -2.72. The average Bonchev–Trinajstić information content (AvgIpc) is 3.23. The molecule has 182 valence electrons. The molecule has 3 rings (SSSR count). The lowest BCUT2D eigenvalue weighted by atomic mass is 9.42. The van der Waals surface area contributed by atoms with Gasteiger partial charge in [-0.15, -0.1) is 6.58 Å². The fraction of sp³-hybridized carbons (Fsp3) is 0.840. The average molecular weight is 453 g/mol. The number of aliphatic hydroxyl groups is 3. The summed E-state index contributed by atoms with van der Waals surface area (Å²) in [6.45, 7) is 13.7. The molecule has 0 amide bonds. The number of allylic oxidation sites excluding steroid dienone is 1. The summed E-state index contributed by atoms with van der Waals surface area (Å²) in [5.41, 5.74) is -1.81. The van der Waals surface area contributed by atoms with Crippen LogP contribution in [0.1, 0.15) is 66.7 Å². The van der Waals surface area contributed by atoms with Crippen molar-refractivity contribution in [3.05, 3.63) is 12.7 Å². The molecule has 8 atom stereocenters. The third-order valence-corrected chi connectivity index (χ3v) is 8.60. The zero-order valence-electron chi connectivity index (χ0n) is 20.0. The Morgan fingerprint density at radius 1 is 1.28 bits per heavy atom. The number of ketones is 1. The molecule has 1 saturated heterocycles. The maximum Gasteiger partial charge on any atom is 0.335 e. The van der Waals surface area contributed by atoms with Crippen LogP contribution < -0.4 is 0 Å². The number of ether oxygens (including phenoxy) is 2. The van der Waals surface area contributed by atoms with Gasteiger partial charge in [0.25, 0.3) is 0 Å². The van der Waals surface area contributed by atoms with E-state index < -0.39 is 52.7 Å². The van der Waals surface area contributed by atoms with Gasteiger partial charge in [-0.1, -0.05) is 40.7 Å². The number of aliphatic hydroxyl groups excluding tert-OH is 1. The number of carbonyl (C=O) groups excluding carboxylic acids is 2. The van der Waals surface area contributed by atoms with E-state index in [9.17, 15) is 24.9 Å². The monoisotopic (exact) mass is 452 g/mol. The van der Waals surface area contributed by atoms with E-state index in [1.807, 2.05) is 27.7 Å². The van der Waals surface area contributed by atoms with Crippen molar-refractivity contribution in [2.45, 2.75) is 90.8 Å². The summed E-state index contributed by atoms with van der Waals surface area (Å²) in [6, 6.07) is 0. The molecule has 0 bridgehead atoms. The molecule has 3 fully saturated rings. The largest absolute Gasteiger partial charge is 0.460 e. The zero-order valence-corrected chi connectivity index (χ0v) is 20.0. The van der Waals surface area contributed by atoms with E-state index in [0.717, 1.165) is 6.42 Å². The molecule has 2 saturated carbocycles. The van der Waals surface area contributed by atoms with E-state index in [1.54, 1.807) is 13.0 Å². The van der Waals surface area contributed by atoms with Gasteiger partial charge in [0, 0.05) is 30.3 Å². The van der Waals surface area contributed by atoms with Crippen molar-refractivity contribution >= 4 is 11.8 Å². The van der Waals surface area contributed by atoms with Gasteiger partial charge in [0.05, 0.1) is 0 Å². The Kier molecular flexibility index (Phi) is 6.99. The van der Waals surface area contributed by atoms with E-state index in [0.29, 0.717) is 19.4 Å². The predicted octanol–water partition coefficient (Wildman–Crippen LogP) is 2.61. The molecule has 0 aromatic carbocycles. The summed E-state index contributed by atoms with van der Waals surface area (Å²) >= 11 is 0. The number of fused-ring (bicyclic) bond motifs is 1. The molecule has 3 N–H and O–H groups in total. The minimum Gasteiger partial charge on any atom is -0.460 e.